The van der Waals surface area contributed by atoms with E-state index in [4.69, 9.17) is 4.18 Å². The van der Waals surface area contributed by atoms with Crippen molar-refractivity contribution in [1.29, 1.82) is 0 Å². The van der Waals surface area contributed by atoms with Crippen molar-refractivity contribution < 1.29 is 17.4 Å². The average Bonchev–Trinajstić information content (AvgIpc) is 2.99. The van der Waals surface area contributed by atoms with Gasteiger partial charge < -0.3 is 0 Å². The van der Waals surface area contributed by atoms with Crippen LogP contribution < -0.4 is 0 Å². The smallest absolute Gasteiger partial charge is 0.296 e. The van der Waals surface area contributed by atoms with Crippen LogP contribution in [0.4, 0.5) is 0 Å². The van der Waals surface area contributed by atoms with Gasteiger partial charge in [-0.3, -0.25) is 8.98 Å². The minimum atomic E-state index is -3.78. The molecule has 170 valence electrons. The molecule has 30 heavy (non-hydrogen) atoms. The Labute approximate surface area is 183 Å². The Kier molecular flexibility index (Phi) is 8.70. The van der Waals surface area contributed by atoms with Crippen LogP contribution in [0.5, 0.6) is 0 Å². The summed E-state index contributed by atoms with van der Waals surface area (Å²) in [7, 11) is -3.78. The van der Waals surface area contributed by atoms with E-state index in [1.54, 1.807) is 31.2 Å². The molecule has 5 heteroatoms. The molecule has 0 unspecified atom stereocenters. The van der Waals surface area contributed by atoms with E-state index >= 15 is 0 Å². The molecule has 0 spiro atoms. The first-order chi connectivity index (χ1) is 14.0. The van der Waals surface area contributed by atoms with E-state index in [9.17, 15) is 13.2 Å². The van der Waals surface area contributed by atoms with Gasteiger partial charge in [0.2, 0.25) is 0 Å². The fraction of sp³-hybridized carbons (Fsp3) is 0.720. The zero-order valence-corrected chi connectivity index (χ0v) is 20.4. The molecular weight excluding hydrogens is 397 g/mol. The van der Waals surface area contributed by atoms with Crippen molar-refractivity contribution in [2.75, 3.05) is 6.61 Å². The van der Waals surface area contributed by atoms with Crippen LogP contribution in [0, 0.1) is 36.0 Å². The first-order valence-corrected chi connectivity index (χ1v) is 12.8. The van der Waals surface area contributed by atoms with E-state index in [-0.39, 0.29) is 28.6 Å². The van der Waals surface area contributed by atoms with Crippen LogP contribution in [-0.4, -0.2) is 20.8 Å². The van der Waals surface area contributed by atoms with Crippen LogP contribution in [0.25, 0.3) is 0 Å². The summed E-state index contributed by atoms with van der Waals surface area (Å²) < 4.78 is 30.5. The van der Waals surface area contributed by atoms with Crippen LogP contribution in [0.3, 0.4) is 0 Å². The van der Waals surface area contributed by atoms with Crippen molar-refractivity contribution in [1.82, 2.24) is 0 Å². The number of hydrogen-bond donors (Lipinski definition) is 0. The first-order valence-electron chi connectivity index (χ1n) is 11.4. The standard InChI is InChI=1S/C25H40O4S/c1-18(2)8-7-9-20(4)23-14-15-24(21(5)26)25(23,6)16-17-29-30(27,28)22-12-10-19(3)11-13-22/h10-13,18,20,23-24H,7-9,14-17H2,1-6H3/t20-,23-,24+,25-/m1/s1/i5+1. The maximum absolute atomic E-state index is 12.6. The highest BCUT2D eigenvalue weighted by Gasteiger charge is 2.49. The van der Waals surface area contributed by atoms with E-state index in [1.807, 2.05) is 6.92 Å². The third-order valence-electron chi connectivity index (χ3n) is 7.22. The largest absolute Gasteiger partial charge is 0.300 e. The normalized spacial score (nSPS) is 25.6. The number of rotatable bonds is 11. The lowest BCUT2D eigenvalue weighted by molar-refractivity contribution is -0.124. The van der Waals surface area contributed by atoms with Gasteiger partial charge in [0.1, 0.15) is 5.78 Å². The van der Waals surface area contributed by atoms with Crippen LogP contribution in [-0.2, 0) is 19.1 Å². The molecule has 1 fully saturated rings. The van der Waals surface area contributed by atoms with E-state index in [0.717, 1.165) is 24.8 Å². The molecule has 4 nitrogen and oxygen atoms in total. The summed E-state index contributed by atoms with van der Waals surface area (Å²) in [6.45, 7) is 12.7. The molecule has 0 heterocycles. The molecule has 0 radical (unpaired) electrons. The second-order valence-corrected chi connectivity index (χ2v) is 11.6. The zero-order valence-electron chi connectivity index (χ0n) is 19.6. The molecule has 4 atom stereocenters. The molecule has 1 saturated carbocycles. The Morgan fingerprint density at radius 2 is 1.77 bits per heavy atom. The molecule has 0 saturated heterocycles. The van der Waals surface area contributed by atoms with Crippen molar-refractivity contribution in [3.05, 3.63) is 29.8 Å². The monoisotopic (exact) mass is 437 g/mol. The van der Waals surface area contributed by atoms with Crippen molar-refractivity contribution in [3.63, 3.8) is 0 Å². The Morgan fingerprint density at radius 1 is 1.13 bits per heavy atom. The highest BCUT2D eigenvalue weighted by atomic mass is 32.2. The third kappa shape index (κ3) is 6.16. The fourth-order valence-electron chi connectivity index (χ4n) is 5.42. The van der Waals surface area contributed by atoms with Gasteiger partial charge in [0.25, 0.3) is 10.1 Å². The number of aryl methyl sites for hydroxylation is 1. The van der Waals surface area contributed by atoms with E-state index in [1.165, 1.54) is 12.8 Å². The van der Waals surface area contributed by atoms with Gasteiger partial charge in [-0.05, 0) is 68.4 Å². The summed E-state index contributed by atoms with van der Waals surface area (Å²) in [6.07, 6.45) is 6.10. The lowest BCUT2D eigenvalue weighted by Crippen LogP contribution is -2.37. The molecule has 1 aliphatic rings. The Hall–Kier alpha value is -1.20. The van der Waals surface area contributed by atoms with E-state index < -0.39 is 10.1 Å². The lowest BCUT2D eigenvalue weighted by Gasteiger charge is -2.39. The average molecular weight is 438 g/mol. The quantitative estimate of drug-likeness (QED) is 0.307. The number of carbonyl (C=O) groups excluding carboxylic acids is 1. The number of Topliss-reactive ketones (excluding diaryl/α,β-unsaturated/α-hetero) is 1. The van der Waals surface area contributed by atoms with Crippen LogP contribution in [0.15, 0.2) is 29.2 Å². The van der Waals surface area contributed by atoms with Gasteiger partial charge in [-0.2, -0.15) is 8.42 Å². The maximum atomic E-state index is 12.6. The Morgan fingerprint density at radius 3 is 2.33 bits per heavy atom. The van der Waals surface area contributed by atoms with Crippen LogP contribution in [0.1, 0.15) is 78.7 Å². The predicted molar refractivity (Wildman–Crippen MR) is 122 cm³/mol. The summed E-state index contributed by atoms with van der Waals surface area (Å²) >= 11 is 0. The number of carbonyl (C=O) groups is 1. The first kappa shape index (κ1) is 25.1. The highest BCUT2D eigenvalue weighted by molar-refractivity contribution is 7.86. The van der Waals surface area contributed by atoms with Gasteiger partial charge in [-0.1, -0.05) is 64.7 Å². The van der Waals surface area contributed by atoms with E-state index in [0.29, 0.717) is 24.2 Å². The van der Waals surface area contributed by atoms with Gasteiger partial charge in [0.15, 0.2) is 0 Å². The number of ketones is 1. The molecule has 0 aromatic heterocycles. The van der Waals surface area contributed by atoms with Crippen molar-refractivity contribution in [2.24, 2.45) is 29.1 Å². The zero-order chi connectivity index (χ0) is 22.5. The molecule has 1 aromatic carbocycles. The molecule has 0 N–H and O–H groups in total. The van der Waals surface area contributed by atoms with Crippen molar-refractivity contribution in [2.45, 2.75) is 85.0 Å². The molecule has 1 aliphatic carbocycles. The van der Waals surface area contributed by atoms with Crippen LogP contribution in [0.2, 0.25) is 0 Å². The maximum Gasteiger partial charge on any atom is 0.296 e. The highest BCUT2D eigenvalue weighted by Crippen LogP contribution is 2.54. The SMILES string of the molecule is Cc1ccc(S(=O)(=O)OCC[C@]2(C)[C@@H]([C@H](C)CCCC(C)C)CC[C@H]2C([13CH3])=O)cc1. The lowest BCUT2D eigenvalue weighted by atomic mass is 9.66. The summed E-state index contributed by atoms with van der Waals surface area (Å²) in [5.74, 6) is 1.85. The predicted octanol–water partition coefficient (Wildman–Crippen LogP) is 6.17. The minimum absolute atomic E-state index is 0.0132. The number of benzene rings is 1. The summed E-state index contributed by atoms with van der Waals surface area (Å²) in [5.41, 5.74) is 0.789. The van der Waals surface area contributed by atoms with Gasteiger partial charge in [-0.15, -0.1) is 0 Å². The Balaban J connectivity index is 2.07. The molecule has 2 rings (SSSR count). The van der Waals surface area contributed by atoms with Gasteiger partial charge in [0.05, 0.1) is 11.5 Å². The summed E-state index contributed by atoms with van der Waals surface area (Å²) in [5, 5.41) is 0. The van der Waals surface area contributed by atoms with Crippen molar-refractivity contribution in [3.8, 4) is 0 Å². The van der Waals surface area contributed by atoms with E-state index in [2.05, 4.69) is 27.7 Å². The molecule has 0 aliphatic heterocycles. The molecular formula is C25H40O4S. The molecule has 0 bridgehead atoms. The molecule has 0 amide bonds. The summed E-state index contributed by atoms with van der Waals surface area (Å²) in [6, 6.07) is 6.71. The summed E-state index contributed by atoms with van der Waals surface area (Å²) in [4.78, 5) is 12.6. The third-order valence-corrected chi connectivity index (χ3v) is 8.54. The second kappa shape index (κ2) is 10.4. The molecule has 1 aromatic rings. The van der Waals surface area contributed by atoms with Crippen molar-refractivity contribution >= 4 is 15.9 Å². The number of hydrogen-bond acceptors (Lipinski definition) is 4. The van der Waals surface area contributed by atoms with Gasteiger partial charge in [0, 0.05) is 5.92 Å². The Bertz CT molecular complexity index is 797. The van der Waals surface area contributed by atoms with Crippen LogP contribution >= 0.6 is 0 Å². The van der Waals surface area contributed by atoms with Gasteiger partial charge in [-0.25, -0.2) is 0 Å². The topological polar surface area (TPSA) is 60.4 Å². The fourth-order valence-corrected chi connectivity index (χ4v) is 6.33. The second-order valence-electron chi connectivity index (χ2n) is 9.99. The van der Waals surface area contributed by atoms with Gasteiger partial charge >= 0.3 is 0 Å². The minimum Gasteiger partial charge on any atom is -0.300 e.